The van der Waals surface area contributed by atoms with Crippen molar-refractivity contribution in [3.05, 3.63) is 16.1 Å². The molecule has 0 aliphatic heterocycles. The van der Waals surface area contributed by atoms with Crippen molar-refractivity contribution in [3.8, 4) is 17.2 Å². The van der Waals surface area contributed by atoms with Crippen molar-refractivity contribution in [1.29, 1.82) is 0 Å². The second-order valence-electron chi connectivity index (χ2n) is 4.54. The van der Waals surface area contributed by atoms with Gasteiger partial charge in [0.05, 0.1) is 32.4 Å². The van der Waals surface area contributed by atoms with Crippen LogP contribution in [-0.4, -0.2) is 33.0 Å². The van der Waals surface area contributed by atoms with Crippen LogP contribution in [0.3, 0.4) is 0 Å². The minimum Gasteiger partial charge on any atom is -0.495 e. The van der Waals surface area contributed by atoms with E-state index in [0.717, 1.165) is 10.0 Å². The predicted octanol–water partition coefficient (Wildman–Crippen LogP) is 2.74. The summed E-state index contributed by atoms with van der Waals surface area (Å²) in [6.45, 7) is 3.80. The molecule has 18 heavy (non-hydrogen) atoms. The average Bonchev–Trinajstić information content (AvgIpc) is 2.37. The lowest BCUT2D eigenvalue weighted by molar-refractivity contribution is 0.209. The first-order valence-electron chi connectivity index (χ1n) is 5.52. The average molecular weight is 319 g/mol. The van der Waals surface area contributed by atoms with Gasteiger partial charge in [0.15, 0.2) is 11.5 Å². The highest BCUT2D eigenvalue weighted by atomic mass is 79.9. The lowest BCUT2D eigenvalue weighted by Gasteiger charge is -2.28. The van der Waals surface area contributed by atoms with Gasteiger partial charge in [-0.05, 0) is 15.9 Å². The van der Waals surface area contributed by atoms with E-state index in [2.05, 4.69) is 15.9 Å². The van der Waals surface area contributed by atoms with Crippen LogP contribution in [-0.2, 0) is 5.41 Å². The first-order valence-corrected chi connectivity index (χ1v) is 6.32. The minimum absolute atomic E-state index is 0.0284. The number of halogens is 1. The molecule has 0 heterocycles. The lowest BCUT2D eigenvalue weighted by Crippen LogP contribution is -2.24. The van der Waals surface area contributed by atoms with E-state index < -0.39 is 5.41 Å². The Labute approximate surface area is 116 Å². The third-order valence-electron chi connectivity index (χ3n) is 2.85. The zero-order valence-electron chi connectivity index (χ0n) is 11.3. The molecule has 0 aromatic heterocycles. The summed E-state index contributed by atoms with van der Waals surface area (Å²) in [6, 6.07) is 1.79. The molecule has 0 unspecified atom stereocenters. The van der Waals surface area contributed by atoms with Gasteiger partial charge in [-0.2, -0.15) is 0 Å². The molecule has 1 rings (SSSR count). The molecule has 0 amide bonds. The molecule has 102 valence electrons. The van der Waals surface area contributed by atoms with Gasteiger partial charge in [0, 0.05) is 17.0 Å². The van der Waals surface area contributed by atoms with E-state index in [0.29, 0.717) is 17.2 Å². The fraction of sp³-hybridized carbons (Fsp3) is 0.538. The van der Waals surface area contributed by atoms with Crippen LogP contribution in [0, 0.1) is 0 Å². The van der Waals surface area contributed by atoms with E-state index in [1.165, 1.54) is 0 Å². The van der Waals surface area contributed by atoms with E-state index in [9.17, 15) is 5.11 Å². The van der Waals surface area contributed by atoms with Crippen molar-refractivity contribution in [3.63, 3.8) is 0 Å². The van der Waals surface area contributed by atoms with Gasteiger partial charge in [0.25, 0.3) is 0 Å². The highest BCUT2D eigenvalue weighted by Gasteiger charge is 2.31. The van der Waals surface area contributed by atoms with Crippen molar-refractivity contribution >= 4 is 15.9 Å². The third kappa shape index (κ3) is 2.57. The molecule has 0 saturated heterocycles. The van der Waals surface area contributed by atoms with E-state index in [-0.39, 0.29) is 6.61 Å². The van der Waals surface area contributed by atoms with Gasteiger partial charge in [0.1, 0.15) is 5.75 Å². The number of hydrogen-bond donors (Lipinski definition) is 1. The highest BCUT2D eigenvalue weighted by molar-refractivity contribution is 9.10. The molecule has 4 nitrogen and oxygen atoms in total. The Balaban J connectivity index is 3.66. The zero-order valence-corrected chi connectivity index (χ0v) is 12.9. The molecule has 0 bridgehead atoms. The number of benzene rings is 1. The second-order valence-corrected chi connectivity index (χ2v) is 5.40. The Kier molecular flexibility index (Phi) is 4.87. The number of aliphatic hydroxyl groups is 1. The number of hydrogen-bond acceptors (Lipinski definition) is 4. The van der Waals surface area contributed by atoms with Crippen molar-refractivity contribution < 1.29 is 19.3 Å². The van der Waals surface area contributed by atoms with Gasteiger partial charge in [0.2, 0.25) is 0 Å². The van der Waals surface area contributed by atoms with Gasteiger partial charge >= 0.3 is 0 Å². The van der Waals surface area contributed by atoms with Crippen molar-refractivity contribution in [2.45, 2.75) is 19.3 Å². The first-order chi connectivity index (χ1) is 8.42. The fourth-order valence-electron chi connectivity index (χ4n) is 1.84. The normalized spacial score (nSPS) is 11.3. The number of ether oxygens (including phenoxy) is 3. The summed E-state index contributed by atoms with van der Waals surface area (Å²) < 4.78 is 16.9. The second kappa shape index (κ2) is 5.80. The Morgan fingerprint density at radius 1 is 1.11 bits per heavy atom. The summed E-state index contributed by atoms with van der Waals surface area (Å²) in [7, 11) is 4.73. The van der Waals surface area contributed by atoms with Gasteiger partial charge < -0.3 is 19.3 Å². The summed E-state index contributed by atoms with van der Waals surface area (Å²) in [5, 5.41) is 9.57. The Hall–Kier alpha value is -0.940. The Morgan fingerprint density at radius 3 is 2.06 bits per heavy atom. The van der Waals surface area contributed by atoms with Gasteiger partial charge in [-0.3, -0.25) is 0 Å². The zero-order chi connectivity index (χ0) is 13.9. The van der Waals surface area contributed by atoms with E-state index in [4.69, 9.17) is 14.2 Å². The van der Waals surface area contributed by atoms with Crippen LogP contribution in [0.4, 0.5) is 0 Å². The molecule has 0 atom stereocenters. The highest BCUT2D eigenvalue weighted by Crippen LogP contribution is 2.48. The summed E-state index contributed by atoms with van der Waals surface area (Å²) in [5.41, 5.74) is 0.273. The Morgan fingerprint density at radius 2 is 1.67 bits per heavy atom. The third-order valence-corrected chi connectivity index (χ3v) is 3.44. The maximum Gasteiger partial charge on any atom is 0.168 e. The molecule has 0 fully saturated rings. The smallest absolute Gasteiger partial charge is 0.168 e. The van der Waals surface area contributed by atoms with Crippen molar-refractivity contribution in [1.82, 2.24) is 0 Å². The predicted molar refractivity (Wildman–Crippen MR) is 73.9 cm³/mol. The largest absolute Gasteiger partial charge is 0.495 e. The number of methoxy groups -OCH3 is 3. The van der Waals surface area contributed by atoms with Crippen LogP contribution in [0.5, 0.6) is 17.2 Å². The monoisotopic (exact) mass is 318 g/mol. The van der Waals surface area contributed by atoms with Crippen LogP contribution in [0.25, 0.3) is 0 Å². The topological polar surface area (TPSA) is 47.9 Å². The first kappa shape index (κ1) is 15.1. The van der Waals surface area contributed by atoms with E-state index in [1.54, 1.807) is 27.4 Å². The van der Waals surface area contributed by atoms with Crippen molar-refractivity contribution in [2.75, 3.05) is 27.9 Å². The van der Waals surface area contributed by atoms with Crippen LogP contribution >= 0.6 is 15.9 Å². The maximum atomic E-state index is 9.57. The summed E-state index contributed by atoms with van der Waals surface area (Å²) in [6.07, 6.45) is 0. The molecular formula is C13H19BrO4. The summed E-state index contributed by atoms with van der Waals surface area (Å²) in [5.74, 6) is 1.82. The molecule has 0 aliphatic carbocycles. The molecule has 0 aliphatic rings. The SMILES string of the molecule is COc1cc(Br)c(OC)c(C(C)(C)CO)c1OC. The van der Waals surface area contributed by atoms with Gasteiger partial charge in [-0.15, -0.1) is 0 Å². The van der Waals surface area contributed by atoms with Crippen LogP contribution in [0.2, 0.25) is 0 Å². The van der Waals surface area contributed by atoms with Crippen LogP contribution < -0.4 is 14.2 Å². The number of aliphatic hydroxyl groups excluding tert-OH is 1. The molecule has 1 aromatic carbocycles. The van der Waals surface area contributed by atoms with Crippen LogP contribution in [0.15, 0.2) is 10.5 Å². The molecule has 0 spiro atoms. The lowest BCUT2D eigenvalue weighted by atomic mass is 9.84. The molecule has 1 N–H and O–H groups in total. The van der Waals surface area contributed by atoms with Crippen LogP contribution in [0.1, 0.15) is 19.4 Å². The standard InChI is InChI=1S/C13H19BrO4/c1-13(2,7-15)10-11(17-4)8(14)6-9(16-3)12(10)18-5/h6,15H,7H2,1-5H3. The minimum atomic E-state index is -0.506. The van der Waals surface area contributed by atoms with E-state index in [1.807, 2.05) is 13.8 Å². The summed E-state index contributed by atoms with van der Waals surface area (Å²) in [4.78, 5) is 0. The summed E-state index contributed by atoms with van der Waals surface area (Å²) >= 11 is 3.44. The Bertz CT molecular complexity index is 429. The van der Waals surface area contributed by atoms with E-state index >= 15 is 0 Å². The maximum absolute atomic E-state index is 9.57. The quantitative estimate of drug-likeness (QED) is 0.906. The fourth-order valence-corrected chi connectivity index (χ4v) is 2.41. The van der Waals surface area contributed by atoms with Gasteiger partial charge in [-0.25, -0.2) is 0 Å². The molecule has 0 radical (unpaired) electrons. The molecule has 0 saturated carbocycles. The van der Waals surface area contributed by atoms with Gasteiger partial charge in [-0.1, -0.05) is 13.8 Å². The molecule has 1 aromatic rings. The molecule has 5 heteroatoms. The molecular weight excluding hydrogens is 300 g/mol. The van der Waals surface area contributed by atoms with Crippen molar-refractivity contribution in [2.24, 2.45) is 0 Å². The number of rotatable bonds is 5.